The lowest BCUT2D eigenvalue weighted by Crippen LogP contribution is -2.44. The molecule has 1 amide bonds. The fourth-order valence-corrected chi connectivity index (χ4v) is 2.31. The number of nitrogens with one attached hydrogen (secondary N) is 1. The van der Waals surface area contributed by atoms with Gasteiger partial charge in [0.1, 0.15) is 0 Å². The van der Waals surface area contributed by atoms with Crippen LogP contribution in [0.1, 0.15) is 39.0 Å². The lowest BCUT2D eigenvalue weighted by molar-refractivity contribution is -0.124. The summed E-state index contributed by atoms with van der Waals surface area (Å²) in [4.78, 5) is 12.1. The number of nitrogens with two attached hydrogens (primary N) is 1. The van der Waals surface area contributed by atoms with Gasteiger partial charge in [0, 0.05) is 6.04 Å². The van der Waals surface area contributed by atoms with E-state index in [-0.39, 0.29) is 29.0 Å². The number of aliphatic hydroxyl groups excluding tert-OH is 1. The van der Waals surface area contributed by atoms with Crippen molar-refractivity contribution in [3.63, 3.8) is 0 Å². The standard InChI is InChI=1S/C11H20N2O2S/c1-2-9(10(12)16)11(15)13-7-3-5-8(14)6-4-7/h7-9,14H,2-6H2,1H3,(H2,12,16)(H,13,15). The van der Waals surface area contributed by atoms with Gasteiger partial charge in [0.15, 0.2) is 0 Å². The predicted molar refractivity (Wildman–Crippen MR) is 67.0 cm³/mol. The molecule has 1 fully saturated rings. The van der Waals surface area contributed by atoms with Crippen LogP contribution in [-0.4, -0.2) is 28.1 Å². The monoisotopic (exact) mass is 244 g/mol. The normalized spacial score (nSPS) is 27.1. The van der Waals surface area contributed by atoms with Crippen molar-refractivity contribution in [1.82, 2.24) is 5.32 Å². The van der Waals surface area contributed by atoms with E-state index in [4.69, 9.17) is 18.0 Å². The highest BCUT2D eigenvalue weighted by atomic mass is 32.1. The zero-order chi connectivity index (χ0) is 12.1. The number of aliphatic hydroxyl groups is 1. The van der Waals surface area contributed by atoms with E-state index in [1.165, 1.54) is 0 Å². The third-order valence-electron chi connectivity index (χ3n) is 3.11. The molecule has 4 nitrogen and oxygen atoms in total. The SMILES string of the molecule is CCC(C(=O)NC1CCC(O)CC1)C(N)=S. The van der Waals surface area contributed by atoms with Gasteiger partial charge >= 0.3 is 0 Å². The van der Waals surface area contributed by atoms with Crippen LogP contribution < -0.4 is 11.1 Å². The minimum Gasteiger partial charge on any atom is -0.393 e. The first kappa shape index (κ1) is 13.4. The van der Waals surface area contributed by atoms with Crippen molar-refractivity contribution >= 4 is 23.1 Å². The lowest BCUT2D eigenvalue weighted by atomic mass is 9.92. The number of amides is 1. The van der Waals surface area contributed by atoms with E-state index in [9.17, 15) is 9.90 Å². The molecule has 5 heteroatoms. The van der Waals surface area contributed by atoms with Crippen molar-refractivity contribution in [1.29, 1.82) is 0 Å². The molecule has 92 valence electrons. The molecule has 0 spiro atoms. The molecule has 0 saturated heterocycles. The lowest BCUT2D eigenvalue weighted by Gasteiger charge is -2.27. The first-order chi connectivity index (χ1) is 7.54. The van der Waals surface area contributed by atoms with Crippen LogP contribution in [0.25, 0.3) is 0 Å². The molecule has 0 radical (unpaired) electrons. The molecule has 0 aromatic rings. The van der Waals surface area contributed by atoms with Gasteiger partial charge in [-0.05, 0) is 32.1 Å². The summed E-state index contributed by atoms with van der Waals surface area (Å²) in [6.07, 6.45) is 3.62. The van der Waals surface area contributed by atoms with Crippen LogP contribution in [0.15, 0.2) is 0 Å². The highest BCUT2D eigenvalue weighted by Crippen LogP contribution is 2.18. The quantitative estimate of drug-likeness (QED) is 0.637. The molecule has 0 aliphatic heterocycles. The number of rotatable bonds is 4. The smallest absolute Gasteiger partial charge is 0.230 e. The van der Waals surface area contributed by atoms with Crippen LogP contribution in [-0.2, 0) is 4.79 Å². The number of carbonyl (C=O) groups is 1. The average Bonchev–Trinajstić information content (AvgIpc) is 2.22. The summed E-state index contributed by atoms with van der Waals surface area (Å²) >= 11 is 4.86. The molecule has 4 N–H and O–H groups in total. The molecule has 0 bridgehead atoms. The second-order valence-corrected chi connectivity index (χ2v) is 4.85. The predicted octanol–water partition coefficient (Wildman–Crippen LogP) is 0.718. The van der Waals surface area contributed by atoms with E-state index in [1.807, 2.05) is 6.92 Å². The Morgan fingerprint density at radius 1 is 1.50 bits per heavy atom. The maximum Gasteiger partial charge on any atom is 0.230 e. The van der Waals surface area contributed by atoms with Gasteiger partial charge in [-0.2, -0.15) is 0 Å². The number of hydrogen-bond donors (Lipinski definition) is 3. The zero-order valence-corrected chi connectivity index (χ0v) is 10.4. The van der Waals surface area contributed by atoms with Crippen LogP contribution in [0, 0.1) is 5.92 Å². The summed E-state index contributed by atoms with van der Waals surface area (Å²) in [5, 5.41) is 12.3. The van der Waals surface area contributed by atoms with Gasteiger partial charge in [-0.1, -0.05) is 19.1 Å². The van der Waals surface area contributed by atoms with E-state index in [2.05, 4.69) is 5.32 Å². The Kier molecular flexibility index (Phi) is 5.15. The molecule has 1 aliphatic rings. The van der Waals surface area contributed by atoms with E-state index >= 15 is 0 Å². The minimum atomic E-state index is -0.359. The molecular weight excluding hydrogens is 224 g/mol. The van der Waals surface area contributed by atoms with E-state index in [0.717, 1.165) is 25.7 Å². The second-order valence-electron chi connectivity index (χ2n) is 4.38. The molecule has 0 heterocycles. The van der Waals surface area contributed by atoms with Crippen molar-refractivity contribution < 1.29 is 9.90 Å². The Balaban J connectivity index is 2.41. The van der Waals surface area contributed by atoms with Gasteiger partial charge in [-0.3, -0.25) is 4.79 Å². The number of thiocarbonyl (C=S) groups is 1. The Morgan fingerprint density at radius 3 is 2.50 bits per heavy atom. The summed E-state index contributed by atoms with van der Waals surface area (Å²) in [6, 6.07) is 0.166. The summed E-state index contributed by atoms with van der Waals surface area (Å²) in [5.41, 5.74) is 5.51. The molecule has 1 aliphatic carbocycles. The largest absolute Gasteiger partial charge is 0.393 e. The second kappa shape index (κ2) is 6.15. The molecule has 16 heavy (non-hydrogen) atoms. The molecule has 1 atom stereocenters. The Labute approximate surface area is 102 Å². The summed E-state index contributed by atoms with van der Waals surface area (Å²) < 4.78 is 0. The van der Waals surface area contributed by atoms with Crippen LogP contribution in [0.3, 0.4) is 0 Å². The molecule has 0 aromatic carbocycles. The van der Waals surface area contributed by atoms with Gasteiger partial charge < -0.3 is 16.2 Å². The van der Waals surface area contributed by atoms with Crippen LogP contribution in [0.2, 0.25) is 0 Å². The molecule has 0 aromatic heterocycles. The van der Waals surface area contributed by atoms with Crippen LogP contribution in [0.4, 0.5) is 0 Å². The number of hydrogen-bond acceptors (Lipinski definition) is 3. The average molecular weight is 244 g/mol. The fourth-order valence-electron chi connectivity index (χ4n) is 2.04. The van der Waals surface area contributed by atoms with Crippen LogP contribution in [0.5, 0.6) is 0 Å². The van der Waals surface area contributed by atoms with Crippen molar-refractivity contribution in [2.75, 3.05) is 0 Å². The van der Waals surface area contributed by atoms with Crippen molar-refractivity contribution in [3.05, 3.63) is 0 Å². The molecule has 1 rings (SSSR count). The Bertz CT molecular complexity index is 263. The molecule has 1 unspecified atom stereocenters. The highest BCUT2D eigenvalue weighted by molar-refractivity contribution is 7.80. The van der Waals surface area contributed by atoms with Crippen molar-refractivity contribution in [3.8, 4) is 0 Å². The van der Waals surface area contributed by atoms with E-state index in [1.54, 1.807) is 0 Å². The van der Waals surface area contributed by atoms with Gasteiger partial charge in [0.05, 0.1) is 17.0 Å². The van der Waals surface area contributed by atoms with Crippen LogP contribution >= 0.6 is 12.2 Å². The first-order valence-corrected chi connectivity index (χ1v) is 6.23. The maximum absolute atomic E-state index is 11.8. The molecular formula is C11H20N2O2S. The van der Waals surface area contributed by atoms with E-state index < -0.39 is 0 Å². The fraction of sp³-hybridized carbons (Fsp3) is 0.818. The minimum absolute atomic E-state index is 0.0728. The Morgan fingerprint density at radius 2 is 2.06 bits per heavy atom. The summed E-state index contributed by atoms with van der Waals surface area (Å²) in [5.74, 6) is -0.432. The highest BCUT2D eigenvalue weighted by Gasteiger charge is 2.25. The van der Waals surface area contributed by atoms with Gasteiger partial charge in [0.25, 0.3) is 0 Å². The third-order valence-corrected chi connectivity index (χ3v) is 3.40. The Hall–Kier alpha value is -0.680. The zero-order valence-electron chi connectivity index (χ0n) is 9.61. The first-order valence-electron chi connectivity index (χ1n) is 5.82. The van der Waals surface area contributed by atoms with Crippen molar-refractivity contribution in [2.45, 2.75) is 51.2 Å². The van der Waals surface area contributed by atoms with Gasteiger partial charge in [0.2, 0.25) is 5.91 Å². The number of carbonyl (C=O) groups excluding carboxylic acids is 1. The van der Waals surface area contributed by atoms with Gasteiger partial charge in [-0.15, -0.1) is 0 Å². The third kappa shape index (κ3) is 3.72. The summed E-state index contributed by atoms with van der Waals surface area (Å²) in [7, 11) is 0. The van der Waals surface area contributed by atoms with Crippen molar-refractivity contribution in [2.24, 2.45) is 11.7 Å². The van der Waals surface area contributed by atoms with Gasteiger partial charge in [-0.25, -0.2) is 0 Å². The topological polar surface area (TPSA) is 75.3 Å². The summed E-state index contributed by atoms with van der Waals surface area (Å²) in [6.45, 7) is 1.90. The van der Waals surface area contributed by atoms with E-state index in [0.29, 0.717) is 6.42 Å². The maximum atomic E-state index is 11.8. The molecule has 1 saturated carbocycles.